The molecule has 0 unspecified atom stereocenters. The molecule has 1 heterocycles. The van der Waals surface area contributed by atoms with Gasteiger partial charge in [0.05, 0.1) is 10.5 Å². The Hall–Kier alpha value is -2.45. The number of fused-ring (bicyclic) bond motifs is 1. The number of thiophene rings is 1. The number of anilines is 1. The summed E-state index contributed by atoms with van der Waals surface area (Å²) in [6.45, 7) is 6.59. The normalized spacial score (nSPS) is 16.2. The Balaban J connectivity index is 1.93. The first-order valence-corrected chi connectivity index (χ1v) is 10.4. The van der Waals surface area contributed by atoms with E-state index in [9.17, 15) is 19.7 Å². The minimum atomic E-state index is -0.648. The van der Waals surface area contributed by atoms with Crippen molar-refractivity contribution in [2.24, 2.45) is 17.1 Å². The summed E-state index contributed by atoms with van der Waals surface area (Å²) in [5.74, 6) is -0.677. The van der Waals surface area contributed by atoms with Crippen LogP contribution >= 0.6 is 22.9 Å². The number of carbonyl (C=O) groups is 2. The van der Waals surface area contributed by atoms with E-state index < -0.39 is 16.7 Å². The van der Waals surface area contributed by atoms with E-state index in [1.165, 1.54) is 23.5 Å². The Morgan fingerprint density at radius 3 is 2.62 bits per heavy atom. The van der Waals surface area contributed by atoms with Crippen molar-refractivity contribution in [3.8, 4) is 0 Å². The molecule has 3 rings (SSSR count). The molecule has 3 N–H and O–H groups in total. The molecule has 1 aliphatic rings. The number of carbonyl (C=O) groups excluding carboxylic acids is 2. The van der Waals surface area contributed by atoms with Crippen molar-refractivity contribution in [3.63, 3.8) is 0 Å². The molecule has 0 saturated heterocycles. The average molecular weight is 436 g/mol. The van der Waals surface area contributed by atoms with Gasteiger partial charge in [-0.25, -0.2) is 0 Å². The molecule has 0 spiro atoms. The van der Waals surface area contributed by atoms with Crippen LogP contribution in [-0.4, -0.2) is 16.7 Å². The van der Waals surface area contributed by atoms with Crippen molar-refractivity contribution in [1.29, 1.82) is 0 Å². The summed E-state index contributed by atoms with van der Waals surface area (Å²) in [6, 6.07) is 3.82. The first kappa shape index (κ1) is 21.3. The maximum atomic E-state index is 12.7. The van der Waals surface area contributed by atoms with Crippen LogP contribution < -0.4 is 11.1 Å². The number of nitrogens with two attached hydrogens (primary N) is 1. The SMILES string of the molecule is CC(C)(C)[C@H]1CCc2c(sc(NC(=O)c3ccc(Cl)c([N+](=O)[O-])c3)c2C(N)=O)C1. The van der Waals surface area contributed by atoms with Gasteiger partial charge in [-0.15, -0.1) is 11.3 Å². The van der Waals surface area contributed by atoms with Gasteiger partial charge in [-0.05, 0) is 48.3 Å². The number of benzene rings is 1. The molecule has 1 aliphatic carbocycles. The lowest BCUT2D eigenvalue weighted by Gasteiger charge is -2.33. The van der Waals surface area contributed by atoms with Crippen LogP contribution in [0.15, 0.2) is 18.2 Å². The molecule has 9 heteroatoms. The summed E-state index contributed by atoms with van der Waals surface area (Å²) in [7, 11) is 0. The van der Waals surface area contributed by atoms with Crippen LogP contribution in [0.1, 0.15) is 58.3 Å². The zero-order valence-corrected chi connectivity index (χ0v) is 17.9. The first-order chi connectivity index (χ1) is 13.5. The van der Waals surface area contributed by atoms with Gasteiger partial charge in [0, 0.05) is 16.5 Å². The second kappa shape index (κ2) is 7.76. The smallest absolute Gasteiger partial charge is 0.288 e. The van der Waals surface area contributed by atoms with Crippen LogP contribution in [0.3, 0.4) is 0 Å². The molecule has 29 heavy (non-hydrogen) atoms. The van der Waals surface area contributed by atoms with Gasteiger partial charge >= 0.3 is 0 Å². The van der Waals surface area contributed by atoms with E-state index in [0.717, 1.165) is 35.8 Å². The zero-order valence-electron chi connectivity index (χ0n) is 16.4. The first-order valence-electron chi connectivity index (χ1n) is 9.18. The highest BCUT2D eigenvalue weighted by Gasteiger charge is 2.33. The second-order valence-electron chi connectivity index (χ2n) is 8.26. The largest absolute Gasteiger partial charge is 0.365 e. The summed E-state index contributed by atoms with van der Waals surface area (Å²) < 4.78 is 0. The van der Waals surface area contributed by atoms with E-state index in [4.69, 9.17) is 17.3 Å². The van der Waals surface area contributed by atoms with Gasteiger partial charge in [-0.2, -0.15) is 0 Å². The van der Waals surface area contributed by atoms with Gasteiger partial charge in [0.2, 0.25) is 0 Å². The number of halogens is 1. The number of nitro groups is 1. The summed E-state index contributed by atoms with van der Waals surface area (Å²) in [4.78, 5) is 36.3. The molecular weight excluding hydrogens is 414 g/mol. The van der Waals surface area contributed by atoms with E-state index in [1.54, 1.807) is 0 Å². The van der Waals surface area contributed by atoms with Gasteiger partial charge in [0.1, 0.15) is 10.0 Å². The minimum Gasteiger partial charge on any atom is -0.365 e. The third-order valence-electron chi connectivity index (χ3n) is 5.37. The van der Waals surface area contributed by atoms with E-state index in [1.807, 2.05) is 0 Å². The van der Waals surface area contributed by atoms with E-state index in [-0.39, 0.29) is 21.7 Å². The Morgan fingerprint density at radius 2 is 2.03 bits per heavy atom. The van der Waals surface area contributed by atoms with Crippen molar-refractivity contribution in [2.75, 3.05) is 5.32 Å². The van der Waals surface area contributed by atoms with E-state index in [2.05, 4.69) is 26.1 Å². The number of nitrogens with zero attached hydrogens (tertiary/aromatic N) is 1. The fraction of sp³-hybridized carbons (Fsp3) is 0.400. The third-order valence-corrected chi connectivity index (χ3v) is 6.86. The highest BCUT2D eigenvalue weighted by atomic mass is 35.5. The van der Waals surface area contributed by atoms with Crippen molar-refractivity contribution >= 4 is 45.4 Å². The number of nitro benzene ring substituents is 1. The summed E-state index contributed by atoms with van der Waals surface area (Å²) in [5, 5.41) is 14.1. The van der Waals surface area contributed by atoms with Gasteiger partial charge < -0.3 is 11.1 Å². The maximum absolute atomic E-state index is 12.7. The number of nitrogens with one attached hydrogen (secondary N) is 1. The molecule has 0 radical (unpaired) electrons. The monoisotopic (exact) mass is 435 g/mol. The van der Waals surface area contributed by atoms with Gasteiger partial charge in [-0.1, -0.05) is 32.4 Å². The van der Waals surface area contributed by atoms with Crippen LogP contribution in [0, 0.1) is 21.4 Å². The molecule has 0 aliphatic heterocycles. The van der Waals surface area contributed by atoms with E-state index >= 15 is 0 Å². The molecule has 1 atom stereocenters. The van der Waals surface area contributed by atoms with Crippen LogP contribution in [0.2, 0.25) is 5.02 Å². The zero-order chi connectivity index (χ0) is 21.5. The standard InChI is InChI=1S/C20H22ClN3O4S/c1-20(2,3)11-5-6-12-15(9-11)29-19(16(12)17(22)25)23-18(26)10-4-7-13(21)14(8-10)24(27)28/h4,7-8,11H,5-6,9H2,1-3H3,(H2,22,25)(H,23,26)/t11-/m0/s1. The Morgan fingerprint density at radius 1 is 1.34 bits per heavy atom. The molecule has 0 bridgehead atoms. The molecule has 7 nitrogen and oxygen atoms in total. The summed E-state index contributed by atoms with van der Waals surface area (Å²) >= 11 is 7.16. The fourth-order valence-corrected chi connectivity index (χ4v) is 5.16. The quantitative estimate of drug-likeness (QED) is 0.529. The van der Waals surface area contributed by atoms with E-state index in [0.29, 0.717) is 16.5 Å². The van der Waals surface area contributed by atoms with Crippen LogP contribution in [0.25, 0.3) is 0 Å². The predicted molar refractivity (Wildman–Crippen MR) is 114 cm³/mol. The summed E-state index contributed by atoms with van der Waals surface area (Å²) in [5.41, 5.74) is 6.72. The average Bonchev–Trinajstić information content (AvgIpc) is 2.98. The number of amides is 2. The lowest BCUT2D eigenvalue weighted by atomic mass is 9.72. The van der Waals surface area contributed by atoms with Gasteiger partial charge in [-0.3, -0.25) is 19.7 Å². The third kappa shape index (κ3) is 4.28. The van der Waals surface area contributed by atoms with Crippen molar-refractivity contribution in [2.45, 2.75) is 40.0 Å². The molecule has 1 aromatic heterocycles. The molecule has 0 saturated carbocycles. The molecule has 1 aromatic carbocycles. The van der Waals surface area contributed by atoms with Crippen molar-refractivity contribution < 1.29 is 14.5 Å². The molecular formula is C20H22ClN3O4S. The number of hydrogen-bond acceptors (Lipinski definition) is 5. The van der Waals surface area contributed by atoms with Crippen molar-refractivity contribution in [1.82, 2.24) is 0 Å². The minimum absolute atomic E-state index is 0.0517. The fourth-order valence-electron chi connectivity index (χ4n) is 3.64. The molecule has 2 amide bonds. The lowest BCUT2D eigenvalue weighted by Crippen LogP contribution is -2.27. The lowest BCUT2D eigenvalue weighted by molar-refractivity contribution is -0.384. The number of hydrogen-bond donors (Lipinski definition) is 2. The number of primary amides is 1. The Labute approximate surface area is 177 Å². The van der Waals surface area contributed by atoms with Gasteiger partial charge in [0.15, 0.2) is 0 Å². The Bertz CT molecular complexity index is 1010. The second-order valence-corrected chi connectivity index (χ2v) is 9.77. The number of rotatable bonds is 4. The highest BCUT2D eigenvalue weighted by Crippen LogP contribution is 2.44. The van der Waals surface area contributed by atoms with Crippen LogP contribution in [-0.2, 0) is 12.8 Å². The Kier molecular flexibility index (Phi) is 5.69. The molecule has 2 aromatic rings. The summed E-state index contributed by atoms with van der Waals surface area (Å²) in [6.07, 6.45) is 2.50. The van der Waals surface area contributed by atoms with Crippen LogP contribution in [0.4, 0.5) is 10.7 Å². The molecule has 0 fully saturated rings. The molecule has 154 valence electrons. The highest BCUT2D eigenvalue weighted by molar-refractivity contribution is 7.17. The predicted octanol–water partition coefficient (Wildman–Crippen LogP) is 4.81. The van der Waals surface area contributed by atoms with Gasteiger partial charge in [0.25, 0.3) is 17.5 Å². The maximum Gasteiger partial charge on any atom is 0.288 e. The van der Waals surface area contributed by atoms with Crippen molar-refractivity contribution in [3.05, 3.63) is 54.9 Å². The topological polar surface area (TPSA) is 115 Å². The van der Waals surface area contributed by atoms with Crippen LogP contribution in [0.5, 0.6) is 0 Å².